The molecule has 0 aliphatic rings. The Labute approximate surface area is 804 Å². The molecule has 0 aliphatic heterocycles. The van der Waals surface area contributed by atoms with Gasteiger partial charge >= 0.3 is 0 Å². The molecule has 28 rings (SSSR count). The monoisotopic (exact) mass is 1770 g/mol. The molecule has 0 atom stereocenters. The van der Waals surface area contributed by atoms with Crippen molar-refractivity contribution in [1.82, 2.24) is 27.4 Å². The SMILES string of the molecule is c1ccc(-n2ccc3c2ccc2c4ccccc4n(-c4ccc(N(c5ccc6ccccc6c5)c5ccc6ccccc6c5)cc4)c23)cc1.c1ccc(-n2ccc3c2ccc2c4ccccc4n(-c4cccc(C(c5ccc6ccccc6c5)c5ccc6ccccc6c5)c4)c23)cc1.c1ccc(N(c2ccccc2)c2ccc(-n3c4ccccc4c4ccc5c(ccn5-c5ccccc5)c43)cc2)cc1. The number of hydrogen-bond acceptors (Lipinski definition) is 2. The number of aromatic nitrogens is 6. The third-order valence-electron chi connectivity index (χ3n) is 28.0. The van der Waals surface area contributed by atoms with E-state index in [2.05, 4.69) is 578 Å². The van der Waals surface area contributed by atoms with Crippen LogP contribution in [0.15, 0.2) is 540 Å². The predicted molar refractivity (Wildman–Crippen MR) is 586 cm³/mol. The van der Waals surface area contributed by atoms with E-state index in [0.717, 1.165) is 68.2 Å². The number of para-hydroxylation sites is 8. The Balaban J connectivity index is 0.000000108. The van der Waals surface area contributed by atoms with Crippen molar-refractivity contribution in [3.8, 4) is 34.1 Å². The second-order valence-electron chi connectivity index (χ2n) is 36.0. The highest BCUT2D eigenvalue weighted by molar-refractivity contribution is 6.21. The Hall–Kier alpha value is -18.5. The maximum Gasteiger partial charge on any atom is 0.0635 e. The fourth-order valence-corrected chi connectivity index (χ4v) is 21.7. The fraction of sp³-hybridized carbons (Fsp3) is 0.00763. The van der Waals surface area contributed by atoms with Crippen LogP contribution in [-0.2, 0) is 0 Å². The van der Waals surface area contributed by atoms with E-state index in [1.165, 1.54) is 158 Å². The summed E-state index contributed by atoms with van der Waals surface area (Å²) in [6, 6.07) is 189. The Morgan fingerprint density at radius 1 is 0.144 bits per heavy atom. The zero-order chi connectivity index (χ0) is 91.8. The zero-order valence-electron chi connectivity index (χ0n) is 76.0. The number of benzene rings is 22. The van der Waals surface area contributed by atoms with E-state index in [0.29, 0.717) is 0 Å². The highest BCUT2D eigenvalue weighted by Gasteiger charge is 2.26. The summed E-state index contributed by atoms with van der Waals surface area (Å²) in [6.07, 6.45) is 6.57. The molecule has 6 aromatic heterocycles. The summed E-state index contributed by atoms with van der Waals surface area (Å²) in [5.41, 5.74) is 28.4. The average Bonchev–Trinajstić information content (AvgIpc) is 1.57. The van der Waals surface area contributed by atoms with E-state index in [-0.39, 0.29) is 5.92 Å². The Bertz CT molecular complexity index is 9320. The minimum Gasteiger partial charge on any atom is -0.316 e. The first kappa shape index (κ1) is 81.3. The maximum absolute atomic E-state index is 2.48. The smallest absolute Gasteiger partial charge is 0.0635 e. The lowest BCUT2D eigenvalue weighted by atomic mass is 9.83. The lowest BCUT2D eigenvalue weighted by molar-refractivity contribution is 0.977. The van der Waals surface area contributed by atoms with Gasteiger partial charge in [0.1, 0.15) is 0 Å². The van der Waals surface area contributed by atoms with Gasteiger partial charge in [-0.2, -0.15) is 0 Å². The third-order valence-corrected chi connectivity index (χ3v) is 28.0. The van der Waals surface area contributed by atoms with Crippen LogP contribution >= 0.6 is 0 Å². The molecule has 0 spiro atoms. The number of anilines is 6. The molecule has 0 aliphatic carbocycles. The van der Waals surface area contributed by atoms with Crippen LogP contribution in [0.1, 0.15) is 22.6 Å². The van der Waals surface area contributed by atoms with Crippen molar-refractivity contribution >= 4 is 175 Å². The van der Waals surface area contributed by atoms with Crippen LogP contribution in [0.5, 0.6) is 0 Å². The van der Waals surface area contributed by atoms with Crippen molar-refractivity contribution in [3.63, 3.8) is 0 Å². The van der Waals surface area contributed by atoms with Crippen LogP contribution in [0, 0.1) is 0 Å². The van der Waals surface area contributed by atoms with E-state index < -0.39 is 0 Å². The first-order chi connectivity index (χ1) is 69.0. The van der Waals surface area contributed by atoms with E-state index in [4.69, 9.17) is 0 Å². The van der Waals surface area contributed by atoms with Gasteiger partial charge in [-0.25, -0.2) is 0 Å². The van der Waals surface area contributed by atoms with Crippen molar-refractivity contribution < 1.29 is 0 Å². The standard InChI is InChI=1S/C47H32N2.C46H31N3.C38H27N3/c1-2-16-39(17-3-1)48-28-27-43-44(48)26-25-42-41-19-8-9-20-45(41)49(47(42)43)40-18-10-15-36(31-40)46(37-23-21-32-11-4-6-13-34(32)29-37)38-24-22-33-12-5-7-14-35(33)30-38;1-2-14-36(15-3-1)47-29-28-43-44(47)27-26-42-41-16-8-9-17-45(41)49(46(42)43)38-24-22-37(23-25-38)48(39-20-18-32-10-4-6-12-34(32)30-39)40-21-19-33-11-5-7-13-35(33)31-40;1-4-12-28(13-5-1)39-27-26-35-36(39)25-24-34-33-18-10-11-19-37(33)41(38(34)35)32-22-20-31(21-23-32)40(29-14-6-2-7-15-29)30-16-8-3-9-17-30/h1-31,46H;1-31H;1-27H. The minimum atomic E-state index is 0.0569. The molecule has 0 fully saturated rings. The highest BCUT2D eigenvalue weighted by atomic mass is 15.2. The van der Waals surface area contributed by atoms with Crippen LogP contribution in [0.3, 0.4) is 0 Å². The molecule has 8 nitrogen and oxygen atoms in total. The van der Waals surface area contributed by atoms with Gasteiger partial charge in [-0.1, -0.05) is 322 Å². The van der Waals surface area contributed by atoms with Crippen molar-refractivity contribution in [2.24, 2.45) is 0 Å². The van der Waals surface area contributed by atoms with Gasteiger partial charge in [-0.05, 0) is 260 Å². The fourth-order valence-electron chi connectivity index (χ4n) is 21.7. The van der Waals surface area contributed by atoms with Gasteiger partial charge < -0.3 is 37.2 Å². The van der Waals surface area contributed by atoms with Gasteiger partial charge in [0, 0.05) is 141 Å². The lowest BCUT2D eigenvalue weighted by Gasteiger charge is -2.26. The van der Waals surface area contributed by atoms with Gasteiger partial charge in [-0.15, -0.1) is 0 Å². The summed E-state index contributed by atoms with van der Waals surface area (Å²) in [5.74, 6) is 0.0569. The van der Waals surface area contributed by atoms with Crippen LogP contribution in [-0.4, -0.2) is 27.4 Å². The average molecular weight is 1780 g/mol. The second kappa shape index (κ2) is 34.5. The molecule has 28 aromatic rings. The number of nitrogens with zero attached hydrogens (tertiary/aromatic N) is 8. The highest BCUT2D eigenvalue weighted by Crippen LogP contribution is 2.47. The molecule has 0 N–H and O–H groups in total. The molecule has 0 radical (unpaired) electrons. The largest absolute Gasteiger partial charge is 0.316 e. The number of hydrogen-bond donors (Lipinski definition) is 0. The van der Waals surface area contributed by atoms with Crippen LogP contribution < -0.4 is 9.80 Å². The molecular formula is C131H90N8. The van der Waals surface area contributed by atoms with Crippen molar-refractivity contribution in [1.29, 1.82) is 0 Å². The summed E-state index contributed by atoms with van der Waals surface area (Å²) in [6.45, 7) is 0. The molecule has 0 bridgehead atoms. The topological polar surface area (TPSA) is 36.1 Å². The third kappa shape index (κ3) is 14.4. The molecule has 654 valence electrons. The molecule has 8 heteroatoms. The summed E-state index contributed by atoms with van der Waals surface area (Å²) >= 11 is 0. The molecule has 0 unspecified atom stereocenters. The Morgan fingerprint density at radius 3 is 0.784 bits per heavy atom. The molecule has 0 saturated heterocycles. The van der Waals surface area contributed by atoms with Crippen molar-refractivity contribution in [2.45, 2.75) is 5.92 Å². The van der Waals surface area contributed by atoms with E-state index in [1.54, 1.807) is 0 Å². The molecule has 0 amide bonds. The lowest BCUT2D eigenvalue weighted by Crippen LogP contribution is -2.10. The van der Waals surface area contributed by atoms with Gasteiger partial charge in [0.2, 0.25) is 0 Å². The van der Waals surface area contributed by atoms with E-state index in [9.17, 15) is 0 Å². The maximum atomic E-state index is 2.48. The Morgan fingerprint density at radius 2 is 0.417 bits per heavy atom. The van der Waals surface area contributed by atoms with Crippen molar-refractivity contribution in [2.75, 3.05) is 9.80 Å². The van der Waals surface area contributed by atoms with Crippen molar-refractivity contribution in [3.05, 3.63) is 557 Å². The van der Waals surface area contributed by atoms with Crippen LogP contribution in [0.2, 0.25) is 0 Å². The van der Waals surface area contributed by atoms with Gasteiger partial charge in [0.05, 0.1) is 49.7 Å². The first-order valence-corrected chi connectivity index (χ1v) is 47.7. The van der Waals surface area contributed by atoms with Gasteiger partial charge in [-0.3, -0.25) is 0 Å². The molecule has 139 heavy (non-hydrogen) atoms. The van der Waals surface area contributed by atoms with Crippen LogP contribution in [0.4, 0.5) is 34.1 Å². The second-order valence-corrected chi connectivity index (χ2v) is 36.0. The summed E-state index contributed by atoms with van der Waals surface area (Å²) in [7, 11) is 0. The summed E-state index contributed by atoms with van der Waals surface area (Å²) in [4.78, 5) is 4.67. The normalized spacial score (nSPS) is 11.7. The first-order valence-electron chi connectivity index (χ1n) is 47.7. The molecule has 22 aromatic carbocycles. The zero-order valence-corrected chi connectivity index (χ0v) is 76.0. The molecular weight excluding hydrogens is 1690 g/mol. The van der Waals surface area contributed by atoms with Gasteiger partial charge in [0.15, 0.2) is 0 Å². The minimum absolute atomic E-state index is 0.0569. The molecule has 0 saturated carbocycles. The van der Waals surface area contributed by atoms with Crippen LogP contribution in [0.25, 0.3) is 175 Å². The quantitative estimate of drug-likeness (QED) is 0.0959. The van der Waals surface area contributed by atoms with Gasteiger partial charge in [0.25, 0.3) is 0 Å². The number of rotatable bonds is 15. The summed E-state index contributed by atoms with van der Waals surface area (Å²) in [5, 5.41) is 21.2. The molecule has 6 heterocycles. The Kier molecular flexibility index (Phi) is 20.2. The van der Waals surface area contributed by atoms with E-state index >= 15 is 0 Å². The summed E-state index contributed by atoms with van der Waals surface area (Å²) < 4.78 is 14.2. The van der Waals surface area contributed by atoms with E-state index in [1.807, 2.05) is 0 Å². The number of fused-ring (bicyclic) bond motifs is 19. The predicted octanol–water partition coefficient (Wildman–Crippen LogP) is 34.9.